The molecule has 0 unspecified atom stereocenters. The van der Waals surface area contributed by atoms with Crippen molar-refractivity contribution >= 4 is 8.32 Å². The molecule has 1 N–H and O–H groups in total. The van der Waals surface area contributed by atoms with E-state index in [9.17, 15) is 5.11 Å². The Morgan fingerprint density at radius 3 is 1.68 bits per heavy atom. The molecule has 2 rings (SSSR count). The lowest BCUT2D eigenvalue weighted by atomic mass is 9.83. The minimum atomic E-state index is -2.22. The Morgan fingerprint density at radius 2 is 1.26 bits per heavy atom. The Morgan fingerprint density at radius 1 is 0.735 bits per heavy atom. The van der Waals surface area contributed by atoms with E-state index in [0.29, 0.717) is 22.4 Å². The van der Waals surface area contributed by atoms with E-state index >= 15 is 0 Å². The van der Waals surface area contributed by atoms with E-state index in [4.69, 9.17) is 9.16 Å². The third-order valence-corrected chi connectivity index (χ3v) is 13.2. The first-order chi connectivity index (χ1) is 15.5. The third kappa shape index (κ3) is 5.48. The number of benzene rings is 2. The summed E-state index contributed by atoms with van der Waals surface area (Å²) in [6.45, 7) is 26.8. The van der Waals surface area contributed by atoms with Crippen LogP contribution >= 0.6 is 0 Å². The third-order valence-electron chi connectivity index (χ3n) is 7.26. The number of phenols is 1. The standard InChI is InChI=1S/C30H48O3Si/c1-19(2)34(20(3)4,21(5)6)33-27-16-22(29(7,8)9)14-15-24(27)25-17-23(32-13)18-26(28(25)31)30(10,11)12/h14-21,31H,1-13H3. The normalized spacial score (nSPS) is 13.2. The average molecular weight is 485 g/mol. The summed E-state index contributed by atoms with van der Waals surface area (Å²) in [7, 11) is -0.540. The SMILES string of the molecule is COc1cc(-c2ccc(C(C)(C)C)cc2O[Si](C(C)C)(C(C)C)C(C)C)c(O)c(C(C)(C)C)c1. The van der Waals surface area contributed by atoms with Gasteiger partial charge in [-0.2, -0.15) is 0 Å². The molecule has 0 aliphatic rings. The lowest BCUT2D eigenvalue weighted by Crippen LogP contribution is -2.50. The molecular weight excluding hydrogens is 436 g/mol. The largest absolute Gasteiger partial charge is 0.542 e. The summed E-state index contributed by atoms with van der Waals surface area (Å²) in [5.74, 6) is 1.91. The minimum Gasteiger partial charge on any atom is -0.542 e. The summed E-state index contributed by atoms with van der Waals surface area (Å²) >= 11 is 0. The van der Waals surface area contributed by atoms with Gasteiger partial charge in [-0.3, -0.25) is 0 Å². The van der Waals surface area contributed by atoms with Gasteiger partial charge < -0.3 is 14.3 Å². The van der Waals surface area contributed by atoms with Gasteiger partial charge in [0.15, 0.2) is 0 Å². The summed E-state index contributed by atoms with van der Waals surface area (Å²) in [5.41, 5.74) is 4.88. The van der Waals surface area contributed by atoms with E-state index in [1.807, 2.05) is 12.1 Å². The van der Waals surface area contributed by atoms with Gasteiger partial charge in [0.05, 0.1) is 7.11 Å². The zero-order valence-electron chi connectivity index (χ0n) is 23.9. The van der Waals surface area contributed by atoms with Crippen LogP contribution in [-0.2, 0) is 10.8 Å². The van der Waals surface area contributed by atoms with Gasteiger partial charge in [-0.25, -0.2) is 0 Å². The van der Waals surface area contributed by atoms with Crippen molar-refractivity contribution in [2.24, 2.45) is 0 Å². The van der Waals surface area contributed by atoms with Crippen LogP contribution in [0, 0.1) is 0 Å². The number of ether oxygens (including phenoxy) is 1. The smallest absolute Gasteiger partial charge is 0.258 e. The molecule has 0 aliphatic heterocycles. The Kier molecular flexibility index (Phi) is 8.29. The van der Waals surface area contributed by atoms with Gasteiger partial charge in [0.25, 0.3) is 8.32 Å². The van der Waals surface area contributed by atoms with Crippen molar-refractivity contribution in [3.05, 3.63) is 41.5 Å². The first kappa shape index (κ1) is 28.3. The molecule has 0 atom stereocenters. The van der Waals surface area contributed by atoms with Gasteiger partial charge in [0, 0.05) is 16.7 Å². The van der Waals surface area contributed by atoms with Crippen LogP contribution in [0.15, 0.2) is 30.3 Å². The van der Waals surface area contributed by atoms with E-state index in [1.165, 1.54) is 5.56 Å². The zero-order valence-corrected chi connectivity index (χ0v) is 24.9. The fourth-order valence-corrected chi connectivity index (χ4v) is 10.6. The van der Waals surface area contributed by atoms with Crippen molar-refractivity contribution in [2.75, 3.05) is 7.11 Å². The van der Waals surface area contributed by atoms with E-state index in [2.05, 4.69) is 101 Å². The fourth-order valence-electron chi connectivity index (χ4n) is 5.34. The van der Waals surface area contributed by atoms with Gasteiger partial charge in [0.1, 0.15) is 17.2 Å². The number of rotatable bonds is 7. The second kappa shape index (κ2) is 9.97. The van der Waals surface area contributed by atoms with Gasteiger partial charge in [-0.05, 0) is 51.2 Å². The van der Waals surface area contributed by atoms with Crippen molar-refractivity contribution in [3.63, 3.8) is 0 Å². The maximum Gasteiger partial charge on any atom is 0.258 e. The summed E-state index contributed by atoms with van der Waals surface area (Å²) in [5, 5.41) is 11.5. The van der Waals surface area contributed by atoms with Crippen LogP contribution in [0.25, 0.3) is 11.1 Å². The number of phenolic OH excluding ortho intramolecular Hbond substituents is 1. The quantitative estimate of drug-likeness (QED) is 0.398. The van der Waals surface area contributed by atoms with Crippen LogP contribution in [-0.4, -0.2) is 20.5 Å². The summed E-state index contributed by atoms with van der Waals surface area (Å²) in [6, 6.07) is 10.4. The molecule has 0 amide bonds. The van der Waals surface area contributed by atoms with Crippen molar-refractivity contribution in [1.82, 2.24) is 0 Å². The number of hydrogen-bond donors (Lipinski definition) is 1. The molecule has 190 valence electrons. The van der Waals surface area contributed by atoms with Crippen LogP contribution in [0.1, 0.15) is 94.2 Å². The fraction of sp³-hybridized carbons (Fsp3) is 0.600. The maximum absolute atomic E-state index is 11.5. The lowest BCUT2D eigenvalue weighted by Gasteiger charge is -2.43. The van der Waals surface area contributed by atoms with Crippen LogP contribution in [0.4, 0.5) is 0 Å². The molecule has 0 bridgehead atoms. The molecule has 2 aromatic rings. The van der Waals surface area contributed by atoms with Gasteiger partial charge >= 0.3 is 0 Å². The molecule has 4 heteroatoms. The molecule has 0 fully saturated rings. The molecule has 0 radical (unpaired) electrons. The average Bonchev–Trinajstić information content (AvgIpc) is 2.69. The highest BCUT2D eigenvalue weighted by Gasteiger charge is 2.47. The molecule has 2 aromatic carbocycles. The van der Waals surface area contributed by atoms with Gasteiger partial charge in [-0.15, -0.1) is 0 Å². The summed E-state index contributed by atoms with van der Waals surface area (Å²) in [6.07, 6.45) is 0. The highest BCUT2D eigenvalue weighted by atomic mass is 28.4. The van der Waals surface area contributed by atoms with Crippen molar-refractivity contribution in [1.29, 1.82) is 0 Å². The summed E-state index contributed by atoms with van der Waals surface area (Å²) < 4.78 is 12.9. The van der Waals surface area contributed by atoms with E-state index in [1.54, 1.807) is 7.11 Å². The molecular formula is C30H48O3Si. The van der Waals surface area contributed by atoms with Crippen LogP contribution < -0.4 is 9.16 Å². The van der Waals surface area contributed by atoms with Crippen LogP contribution in [0.2, 0.25) is 16.6 Å². The van der Waals surface area contributed by atoms with E-state index < -0.39 is 8.32 Å². The number of methoxy groups -OCH3 is 1. The van der Waals surface area contributed by atoms with Crippen molar-refractivity contribution in [2.45, 2.75) is 111 Å². The Hall–Kier alpha value is -1.94. The molecule has 0 saturated heterocycles. The highest BCUT2D eigenvalue weighted by molar-refractivity contribution is 6.78. The first-order valence-electron chi connectivity index (χ1n) is 12.7. The van der Waals surface area contributed by atoms with Gasteiger partial charge in [0.2, 0.25) is 0 Å². The van der Waals surface area contributed by atoms with Gasteiger partial charge in [-0.1, -0.05) is 95.2 Å². The van der Waals surface area contributed by atoms with Crippen LogP contribution in [0.5, 0.6) is 17.2 Å². The predicted molar refractivity (Wildman–Crippen MR) is 149 cm³/mol. The molecule has 0 spiro atoms. The Labute approximate surface area is 210 Å². The molecule has 3 nitrogen and oxygen atoms in total. The first-order valence-corrected chi connectivity index (χ1v) is 14.9. The Balaban J connectivity index is 2.92. The monoisotopic (exact) mass is 484 g/mol. The minimum absolute atomic E-state index is 0.0126. The number of hydrogen-bond acceptors (Lipinski definition) is 3. The molecule has 34 heavy (non-hydrogen) atoms. The molecule has 0 aromatic heterocycles. The van der Waals surface area contributed by atoms with E-state index in [-0.39, 0.29) is 10.8 Å². The molecule has 0 heterocycles. The number of aromatic hydroxyl groups is 1. The van der Waals surface area contributed by atoms with E-state index in [0.717, 1.165) is 28.2 Å². The lowest BCUT2D eigenvalue weighted by molar-refractivity contribution is 0.406. The maximum atomic E-state index is 11.5. The second-order valence-electron chi connectivity index (χ2n) is 12.7. The topological polar surface area (TPSA) is 38.7 Å². The molecule has 0 saturated carbocycles. The van der Waals surface area contributed by atoms with Crippen molar-refractivity contribution in [3.8, 4) is 28.4 Å². The molecule has 0 aliphatic carbocycles. The second-order valence-corrected chi connectivity index (χ2v) is 18.1. The van der Waals surface area contributed by atoms with Crippen molar-refractivity contribution < 1.29 is 14.3 Å². The zero-order chi connectivity index (χ0) is 26.2. The predicted octanol–water partition coefficient (Wildman–Crippen LogP) is 9.22. The van der Waals surface area contributed by atoms with Crippen LogP contribution in [0.3, 0.4) is 0 Å². The highest BCUT2D eigenvalue weighted by Crippen LogP contribution is 2.49. The Bertz CT molecular complexity index is 970. The summed E-state index contributed by atoms with van der Waals surface area (Å²) in [4.78, 5) is 0.